The second kappa shape index (κ2) is 4.39. The summed E-state index contributed by atoms with van der Waals surface area (Å²) in [6.45, 7) is -0.445. The van der Waals surface area contributed by atoms with Crippen LogP contribution >= 0.6 is 0 Å². The molecule has 0 aliphatic carbocycles. The molecular formula is C10H10N2O5S. The monoisotopic (exact) mass is 270 g/mol. The molecule has 2 N–H and O–H groups in total. The molecule has 1 aromatic rings. The number of rotatable bonds is 3. The number of carboxylic acid groups (broad SMARTS) is 1. The Kier molecular flexibility index (Phi) is 3.05. The molecule has 8 heteroatoms. The van der Waals surface area contributed by atoms with Gasteiger partial charge in [-0.25, -0.2) is 9.52 Å². The average Bonchev–Trinajstić information content (AvgIpc) is 2.52. The fourth-order valence-corrected chi connectivity index (χ4v) is 2.76. The van der Waals surface area contributed by atoms with Gasteiger partial charge < -0.3 is 5.11 Å². The first-order chi connectivity index (χ1) is 8.40. The largest absolute Gasteiger partial charge is 0.478 e. The number of carbonyl (C=O) groups is 2. The van der Waals surface area contributed by atoms with E-state index in [-0.39, 0.29) is 18.7 Å². The van der Waals surface area contributed by atoms with Crippen molar-refractivity contribution < 1.29 is 23.1 Å². The van der Waals surface area contributed by atoms with Gasteiger partial charge in [0.15, 0.2) is 0 Å². The van der Waals surface area contributed by atoms with Crippen LogP contribution in [0.4, 0.5) is 0 Å². The molecule has 0 aromatic heterocycles. The molecule has 96 valence electrons. The molecule has 1 aliphatic heterocycles. The summed E-state index contributed by atoms with van der Waals surface area (Å²) in [5, 5.41) is 8.97. The third kappa shape index (κ3) is 2.34. The number of carbonyl (C=O) groups excluding carboxylic acids is 1. The maximum absolute atomic E-state index is 11.5. The number of aromatic carboxylic acids is 1. The lowest BCUT2D eigenvalue weighted by molar-refractivity contribution is -0.118. The molecule has 7 nitrogen and oxygen atoms in total. The molecule has 0 saturated carbocycles. The molecule has 1 heterocycles. The van der Waals surface area contributed by atoms with Gasteiger partial charge in [-0.1, -0.05) is 18.2 Å². The smallest absolute Gasteiger partial charge is 0.336 e. The molecule has 1 saturated heterocycles. The Morgan fingerprint density at radius 1 is 1.39 bits per heavy atom. The van der Waals surface area contributed by atoms with Crippen LogP contribution in [0.25, 0.3) is 0 Å². The van der Waals surface area contributed by atoms with Crippen molar-refractivity contribution in [1.29, 1.82) is 0 Å². The number of hydrogen-bond donors (Lipinski definition) is 2. The SMILES string of the molecule is O=C1CN(Cc2ccccc2C(=O)O)S(=O)(=O)N1. The first-order valence-corrected chi connectivity index (χ1v) is 6.46. The van der Waals surface area contributed by atoms with Crippen LogP contribution in [0.3, 0.4) is 0 Å². The van der Waals surface area contributed by atoms with Gasteiger partial charge in [0.25, 0.3) is 0 Å². The highest BCUT2D eigenvalue weighted by molar-refractivity contribution is 7.88. The second-order valence-corrected chi connectivity index (χ2v) is 5.43. The summed E-state index contributed by atoms with van der Waals surface area (Å²) >= 11 is 0. The molecule has 18 heavy (non-hydrogen) atoms. The third-order valence-corrected chi connectivity index (χ3v) is 3.92. The quantitative estimate of drug-likeness (QED) is 0.775. The van der Waals surface area contributed by atoms with E-state index in [0.29, 0.717) is 5.56 Å². The number of hydrogen-bond acceptors (Lipinski definition) is 4. The zero-order valence-corrected chi connectivity index (χ0v) is 9.98. The van der Waals surface area contributed by atoms with Crippen LogP contribution in [0, 0.1) is 0 Å². The van der Waals surface area contributed by atoms with Gasteiger partial charge >= 0.3 is 16.2 Å². The first kappa shape index (κ1) is 12.5. The van der Waals surface area contributed by atoms with Gasteiger partial charge in [-0.15, -0.1) is 0 Å². The fraction of sp³-hybridized carbons (Fsp3) is 0.200. The van der Waals surface area contributed by atoms with Crippen LogP contribution in [0.2, 0.25) is 0 Å². The van der Waals surface area contributed by atoms with Gasteiger partial charge in [-0.2, -0.15) is 12.7 Å². The molecule has 0 atom stereocenters. The van der Waals surface area contributed by atoms with Crippen molar-refractivity contribution >= 4 is 22.1 Å². The van der Waals surface area contributed by atoms with Crippen molar-refractivity contribution in [2.45, 2.75) is 6.54 Å². The topological polar surface area (TPSA) is 104 Å². The molecule has 0 spiro atoms. The molecule has 0 bridgehead atoms. The van der Waals surface area contributed by atoms with E-state index in [4.69, 9.17) is 5.11 Å². The molecule has 1 amide bonds. The Balaban J connectivity index is 2.30. The summed E-state index contributed by atoms with van der Waals surface area (Å²) < 4.78 is 25.7. The maximum Gasteiger partial charge on any atom is 0.336 e. The summed E-state index contributed by atoms with van der Waals surface area (Å²) in [5.41, 5.74) is 0.358. The molecular weight excluding hydrogens is 260 g/mol. The van der Waals surface area contributed by atoms with E-state index in [0.717, 1.165) is 4.31 Å². The lowest BCUT2D eigenvalue weighted by Gasteiger charge is -2.13. The number of nitrogens with zero attached hydrogens (tertiary/aromatic N) is 1. The van der Waals surface area contributed by atoms with Crippen molar-refractivity contribution in [1.82, 2.24) is 9.03 Å². The number of carboxylic acids is 1. The first-order valence-electron chi connectivity index (χ1n) is 5.02. The van der Waals surface area contributed by atoms with Crippen LogP contribution in [0.15, 0.2) is 24.3 Å². The van der Waals surface area contributed by atoms with E-state index in [1.54, 1.807) is 12.1 Å². The summed E-state index contributed by atoms with van der Waals surface area (Å²) in [5.74, 6) is -1.76. The Bertz CT molecular complexity index is 610. The van der Waals surface area contributed by atoms with Crippen LogP contribution in [0.5, 0.6) is 0 Å². The van der Waals surface area contributed by atoms with Crippen molar-refractivity contribution in [3.8, 4) is 0 Å². The number of nitrogens with one attached hydrogen (secondary N) is 1. The van der Waals surface area contributed by atoms with E-state index < -0.39 is 22.1 Å². The summed E-state index contributed by atoms with van der Waals surface area (Å²) in [4.78, 5) is 22.0. The Morgan fingerprint density at radius 3 is 2.61 bits per heavy atom. The molecule has 2 rings (SSSR count). The Labute approximate surface area is 103 Å². The zero-order chi connectivity index (χ0) is 13.3. The number of benzene rings is 1. The molecule has 0 unspecified atom stereocenters. The summed E-state index contributed by atoms with van der Waals surface area (Å²) in [6.07, 6.45) is 0. The van der Waals surface area contributed by atoms with Crippen molar-refractivity contribution in [2.75, 3.05) is 6.54 Å². The van der Waals surface area contributed by atoms with Gasteiger partial charge in [0.1, 0.15) is 0 Å². The van der Waals surface area contributed by atoms with Crippen molar-refractivity contribution in [3.63, 3.8) is 0 Å². The lowest BCUT2D eigenvalue weighted by Crippen LogP contribution is -2.29. The van der Waals surface area contributed by atoms with E-state index in [1.165, 1.54) is 12.1 Å². The molecule has 0 radical (unpaired) electrons. The highest BCUT2D eigenvalue weighted by Crippen LogP contribution is 2.16. The molecule has 1 fully saturated rings. The Hall–Kier alpha value is -1.93. The predicted octanol–water partition coefficient (Wildman–Crippen LogP) is -0.439. The highest BCUT2D eigenvalue weighted by Gasteiger charge is 2.34. The van der Waals surface area contributed by atoms with Crippen LogP contribution in [-0.2, 0) is 21.5 Å². The lowest BCUT2D eigenvalue weighted by atomic mass is 10.1. The fourth-order valence-electron chi connectivity index (χ4n) is 1.68. The standard InChI is InChI=1S/C10H10N2O5S/c13-9-6-12(18(16,17)11-9)5-7-3-1-2-4-8(7)10(14)15/h1-4H,5-6H2,(H,11,13)(H,14,15). The minimum absolute atomic E-state index is 0.0204. The van der Waals surface area contributed by atoms with Crippen LogP contribution < -0.4 is 4.72 Å². The van der Waals surface area contributed by atoms with Gasteiger partial charge in [0.2, 0.25) is 5.91 Å². The Morgan fingerprint density at radius 2 is 2.06 bits per heavy atom. The van der Waals surface area contributed by atoms with Gasteiger partial charge in [-0.3, -0.25) is 4.79 Å². The molecule has 1 aliphatic rings. The van der Waals surface area contributed by atoms with E-state index in [9.17, 15) is 18.0 Å². The maximum atomic E-state index is 11.5. The number of amides is 1. The summed E-state index contributed by atoms with van der Waals surface area (Å²) in [6, 6.07) is 6.06. The van der Waals surface area contributed by atoms with E-state index >= 15 is 0 Å². The second-order valence-electron chi connectivity index (χ2n) is 3.76. The summed E-state index contributed by atoms with van der Waals surface area (Å²) in [7, 11) is -3.84. The van der Waals surface area contributed by atoms with Gasteiger partial charge in [0.05, 0.1) is 12.1 Å². The van der Waals surface area contributed by atoms with Crippen LogP contribution in [0.1, 0.15) is 15.9 Å². The van der Waals surface area contributed by atoms with Crippen LogP contribution in [-0.4, -0.2) is 36.3 Å². The zero-order valence-electron chi connectivity index (χ0n) is 9.16. The highest BCUT2D eigenvalue weighted by atomic mass is 32.2. The minimum Gasteiger partial charge on any atom is -0.478 e. The molecule has 1 aromatic carbocycles. The van der Waals surface area contributed by atoms with Gasteiger partial charge in [-0.05, 0) is 11.6 Å². The van der Waals surface area contributed by atoms with E-state index in [1.807, 2.05) is 4.72 Å². The minimum atomic E-state index is -3.84. The van der Waals surface area contributed by atoms with Crippen molar-refractivity contribution in [3.05, 3.63) is 35.4 Å². The van der Waals surface area contributed by atoms with Gasteiger partial charge in [0, 0.05) is 6.54 Å². The van der Waals surface area contributed by atoms with Crippen molar-refractivity contribution in [2.24, 2.45) is 0 Å². The normalized spacial score (nSPS) is 18.6. The average molecular weight is 270 g/mol. The van der Waals surface area contributed by atoms with E-state index in [2.05, 4.69) is 0 Å². The third-order valence-electron chi connectivity index (χ3n) is 2.50. The predicted molar refractivity (Wildman–Crippen MR) is 60.9 cm³/mol.